The average Bonchev–Trinajstić information content (AvgIpc) is 2.21. The lowest BCUT2D eigenvalue weighted by Gasteiger charge is -2.34. The largest absolute Gasteiger partial charge is 0.325 e. The summed E-state index contributed by atoms with van der Waals surface area (Å²) >= 11 is 0. The Bertz CT molecular complexity index is 174. The first-order valence-electron chi connectivity index (χ1n) is 5.43. The molecule has 0 amide bonds. The Balaban J connectivity index is -0.000000207. The van der Waals surface area contributed by atoms with Gasteiger partial charge in [-0.25, -0.2) is 18.6 Å². The molecule has 0 saturated carbocycles. The fourth-order valence-corrected chi connectivity index (χ4v) is 1.34. The van der Waals surface area contributed by atoms with Crippen molar-refractivity contribution < 1.29 is 33.4 Å². The molecule has 0 fully saturated rings. The SMILES string of the molecule is CC#N.CC[N+](CC)(CC)CC.[O-][Cl+3]([O-])([O-])[O-]. The summed E-state index contributed by atoms with van der Waals surface area (Å²) in [6, 6.07) is 1.75. The van der Waals surface area contributed by atoms with Crippen LogP contribution in [0.4, 0.5) is 0 Å². The van der Waals surface area contributed by atoms with Gasteiger partial charge >= 0.3 is 0 Å². The maximum Gasteiger partial charge on any atom is 0.0757 e. The Morgan fingerprint density at radius 1 is 0.882 bits per heavy atom. The molecule has 0 atom stereocenters. The van der Waals surface area contributed by atoms with Crippen molar-refractivity contribution in [2.24, 2.45) is 0 Å². The highest BCUT2D eigenvalue weighted by Crippen LogP contribution is 2.03. The third-order valence-electron chi connectivity index (χ3n) is 2.68. The normalized spacial score (nSPS) is 10.4. The molecule has 6 nitrogen and oxygen atoms in total. The van der Waals surface area contributed by atoms with Crippen LogP contribution in [0.2, 0.25) is 0 Å². The first-order chi connectivity index (χ1) is 7.66. The zero-order valence-corrected chi connectivity index (χ0v) is 12.0. The van der Waals surface area contributed by atoms with Crippen molar-refractivity contribution in [1.82, 2.24) is 0 Å². The smallest absolute Gasteiger partial charge is 0.0757 e. The van der Waals surface area contributed by atoms with E-state index in [0.29, 0.717) is 0 Å². The van der Waals surface area contributed by atoms with Gasteiger partial charge < -0.3 is 4.48 Å². The van der Waals surface area contributed by atoms with Crippen LogP contribution in [-0.4, -0.2) is 30.7 Å². The third-order valence-corrected chi connectivity index (χ3v) is 2.68. The van der Waals surface area contributed by atoms with Crippen molar-refractivity contribution >= 4 is 0 Å². The van der Waals surface area contributed by atoms with E-state index in [0.717, 1.165) is 0 Å². The summed E-state index contributed by atoms with van der Waals surface area (Å²) in [4.78, 5) is 0. The van der Waals surface area contributed by atoms with Crippen LogP contribution in [-0.2, 0) is 0 Å². The number of hydrogen-bond acceptors (Lipinski definition) is 5. The molecule has 7 heteroatoms. The molecule has 0 aliphatic rings. The molecule has 0 aliphatic carbocycles. The lowest BCUT2D eigenvalue weighted by atomic mass is 10.3. The molecule has 0 aromatic rings. The molecule has 0 saturated heterocycles. The maximum absolute atomic E-state index is 8.49. The number of rotatable bonds is 4. The lowest BCUT2D eigenvalue weighted by Crippen LogP contribution is -2.68. The van der Waals surface area contributed by atoms with Crippen LogP contribution in [0.3, 0.4) is 0 Å². The fourth-order valence-electron chi connectivity index (χ4n) is 1.34. The van der Waals surface area contributed by atoms with Crippen molar-refractivity contribution in [2.75, 3.05) is 26.2 Å². The minimum atomic E-state index is -4.94. The molecule has 104 valence electrons. The van der Waals surface area contributed by atoms with Gasteiger partial charge in [-0.1, -0.05) is 0 Å². The van der Waals surface area contributed by atoms with Gasteiger partial charge in [-0.05, 0) is 27.7 Å². The maximum atomic E-state index is 8.49. The zero-order chi connectivity index (χ0) is 14.5. The van der Waals surface area contributed by atoms with Crippen molar-refractivity contribution in [3.8, 4) is 6.07 Å². The number of hydrogen-bond donors (Lipinski definition) is 0. The average molecular weight is 271 g/mol. The highest BCUT2D eigenvalue weighted by molar-refractivity contribution is 4.51. The molecule has 0 spiro atoms. The van der Waals surface area contributed by atoms with Crippen molar-refractivity contribution in [3.63, 3.8) is 0 Å². The Hall–Kier alpha value is -0.420. The van der Waals surface area contributed by atoms with Gasteiger partial charge in [-0.15, -0.1) is 10.2 Å². The Labute approximate surface area is 106 Å². The molecule has 0 rings (SSSR count). The van der Waals surface area contributed by atoms with Crippen LogP contribution < -0.4 is 18.6 Å². The molecule has 0 radical (unpaired) electrons. The predicted molar refractivity (Wildman–Crippen MR) is 53.7 cm³/mol. The van der Waals surface area contributed by atoms with Gasteiger partial charge in [0.2, 0.25) is 0 Å². The van der Waals surface area contributed by atoms with E-state index in [1.807, 2.05) is 0 Å². The van der Waals surface area contributed by atoms with E-state index in [9.17, 15) is 0 Å². The summed E-state index contributed by atoms with van der Waals surface area (Å²) in [6.45, 7) is 15.7. The predicted octanol–water partition coefficient (Wildman–Crippen LogP) is -2.34. The van der Waals surface area contributed by atoms with E-state index in [1.165, 1.54) is 37.6 Å². The van der Waals surface area contributed by atoms with Gasteiger partial charge in [0.1, 0.15) is 0 Å². The number of nitriles is 1. The lowest BCUT2D eigenvalue weighted by molar-refractivity contribution is -2.00. The second kappa shape index (κ2) is 12.0. The zero-order valence-electron chi connectivity index (χ0n) is 11.2. The topological polar surface area (TPSA) is 116 Å². The molecular formula is C10H23ClN2O4. The highest BCUT2D eigenvalue weighted by Gasteiger charge is 2.16. The molecule has 0 unspecified atom stereocenters. The molecular weight excluding hydrogens is 248 g/mol. The van der Waals surface area contributed by atoms with E-state index >= 15 is 0 Å². The van der Waals surface area contributed by atoms with E-state index in [1.54, 1.807) is 6.07 Å². The Kier molecular flexibility index (Phi) is 15.5. The van der Waals surface area contributed by atoms with E-state index in [4.69, 9.17) is 23.9 Å². The van der Waals surface area contributed by atoms with Gasteiger partial charge in [0.25, 0.3) is 0 Å². The second-order valence-electron chi connectivity index (χ2n) is 3.21. The van der Waals surface area contributed by atoms with Crippen LogP contribution >= 0.6 is 0 Å². The minimum Gasteiger partial charge on any atom is -0.325 e. The number of halogens is 1. The first-order valence-corrected chi connectivity index (χ1v) is 6.67. The summed E-state index contributed by atoms with van der Waals surface area (Å²) in [5.74, 6) is 0. The van der Waals surface area contributed by atoms with E-state index in [2.05, 4.69) is 27.7 Å². The molecule has 0 aliphatic heterocycles. The van der Waals surface area contributed by atoms with E-state index in [-0.39, 0.29) is 0 Å². The molecule has 0 aromatic carbocycles. The summed E-state index contributed by atoms with van der Waals surface area (Å²) in [7, 11) is -4.94. The van der Waals surface area contributed by atoms with Gasteiger partial charge in [0.15, 0.2) is 0 Å². The molecule has 0 heterocycles. The monoisotopic (exact) mass is 270 g/mol. The Morgan fingerprint density at radius 3 is 1.00 bits per heavy atom. The van der Waals surface area contributed by atoms with Crippen LogP contribution in [0.5, 0.6) is 0 Å². The van der Waals surface area contributed by atoms with Crippen LogP contribution in [0, 0.1) is 21.6 Å². The minimum absolute atomic E-state index is 1.28. The third kappa shape index (κ3) is 21.4. The molecule has 17 heavy (non-hydrogen) atoms. The van der Waals surface area contributed by atoms with Crippen molar-refractivity contribution in [2.45, 2.75) is 34.6 Å². The summed E-state index contributed by atoms with van der Waals surface area (Å²) in [5, 5.41) is 7.32. The fraction of sp³-hybridized carbons (Fsp3) is 0.900. The highest BCUT2D eigenvalue weighted by atomic mass is 35.7. The van der Waals surface area contributed by atoms with Crippen LogP contribution in [0.25, 0.3) is 0 Å². The number of nitrogens with zero attached hydrogens (tertiary/aromatic N) is 2. The summed E-state index contributed by atoms with van der Waals surface area (Å²) in [5.41, 5.74) is 0. The van der Waals surface area contributed by atoms with Gasteiger partial charge in [0, 0.05) is 6.92 Å². The van der Waals surface area contributed by atoms with E-state index < -0.39 is 10.2 Å². The first kappa shape index (κ1) is 21.8. The summed E-state index contributed by atoms with van der Waals surface area (Å²) < 4.78 is 35.2. The van der Waals surface area contributed by atoms with Gasteiger partial charge in [-0.3, -0.25) is 0 Å². The van der Waals surface area contributed by atoms with Gasteiger partial charge in [-0.2, -0.15) is 5.26 Å². The van der Waals surface area contributed by atoms with Gasteiger partial charge in [0.05, 0.1) is 32.2 Å². The summed E-state index contributed by atoms with van der Waals surface area (Å²) in [6.07, 6.45) is 0. The standard InChI is InChI=1S/C8H20N.C2H3N.ClHO4/c1-5-9(6-2,7-3)8-4;1-2-3;2-1(3,4)5/h5-8H2,1-4H3;1H3;(H,2,3,4,5)/q+1;;/p-1. The molecule has 0 aromatic heterocycles. The van der Waals surface area contributed by atoms with Crippen LogP contribution in [0.1, 0.15) is 34.6 Å². The van der Waals surface area contributed by atoms with Crippen molar-refractivity contribution in [3.05, 3.63) is 0 Å². The molecule has 0 bridgehead atoms. The quantitative estimate of drug-likeness (QED) is 0.531. The molecule has 0 N–H and O–H groups in total. The van der Waals surface area contributed by atoms with Crippen LogP contribution in [0.15, 0.2) is 0 Å². The second-order valence-corrected chi connectivity index (χ2v) is 3.96. The number of quaternary nitrogens is 1. The Morgan fingerprint density at radius 2 is 1.00 bits per heavy atom. The van der Waals surface area contributed by atoms with Crippen molar-refractivity contribution in [1.29, 1.82) is 5.26 Å².